The molecule has 0 saturated carbocycles. The molecule has 4 rings (SSSR count). The van der Waals surface area contributed by atoms with Crippen molar-refractivity contribution in [2.75, 3.05) is 19.1 Å². The fourth-order valence-electron chi connectivity index (χ4n) is 6.11. The van der Waals surface area contributed by atoms with Crippen molar-refractivity contribution in [3.8, 4) is 11.5 Å². The van der Waals surface area contributed by atoms with Gasteiger partial charge in [0.15, 0.2) is 5.78 Å². The molecule has 18 heteroatoms. The Morgan fingerprint density at radius 3 is 1.89 bits per heavy atom. The number of hydrogen-bond acceptors (Lipinski definition) is 11. The highest BCUT2D eigenvalue weighted by atomic mass is 32.2. The van der Waals surface area contributed by atoms with Crippen molar-refractivity contribution in [2.45, 2.75) is 88.2 Å². The molecule has 0 radical (unpaired) electrons. The summed E-state index contributed by atoms with van der Waals surface area (Å²) in [5.41, 5.74) is -1.73. The van der Waals surface area contributed by atoms with Gasteiger partial charge in [0.05, 0.1) is 0 Å². The first-order valence-corrected chi connectivity index (χ1v) is 21.7. The number of nitrogens with zero attached hydrogens (tertiary/aromatic N) is 3. The van der Waals surface area contributed by atoms with Gasteiger partial charge < -0.3 is 29.7 Å². The van der Waals surface area contributed by atoms with Gasteiger partial charge in [0, 0.05) is 28.1 Å². The zero-order chi connectivity index (χ0) is 40.6. The summed E-state index contributed by atoms with van der Waals surface area (Å²) >= 11 is 3.07. The number of carboxylic acids is 1. The molecule has 1 fully saturated rings. The summed E-state index contributed by atoms with van der Waals surface area (Å²) in [5.74, 6) is -4.69. The molecule has 0 aliphatic carbocycles. The lowest BCUT2D eigenvalue weighted by Gasteiger charge is -2.34. The average molecular weight is 818 g/mol. The average Bonchev–Trinajstić information content (AvgIpc) is 3.64. The molecular formula is C37H48N5O10PS2. The van der Waals surface area contributed by atoms with Crippen LogP contribution in [0.4, 0.5) is 0 Å². The van der Waals surface area contributed by atoms with E-state index in [0.29, 0.717) is 17.4 Å². The van der Waals surface area contributed by atoms with Crippen LogP contribution in [-0.2, 0) is 36.8 Å². The van der Waals surface area contributed by atoms with Crippen LogP contribution < -0.4 is 30.9 Å². The molecule has 1 aliphatic rings. The number of carboxylic acid groups (broad SMARTS) is 1. The van der Waals surface area contributed by atoms with E-state index in [1.54, 1.807) is 52.0 Å². The van der Waals surface area contributed by atoms with Crippen LogP contribution in [0.2, 0.25) is 0 Å². The van der Waals surface area contributed by atoms with E-state index in [2.05, 4.69) is 10.6 Å². The fraction of sp³-hybridized carbons (Fsp3) is 0.459. The number of carbonyl (C=O) groups excluding carboxylic acids is 3. The van der Waals surface area contributed by atoms with Gasteiger partial charge in [0.25, 0.3) is 5.56 Å². The van der Waals surface area contributed by atoms with Crippen molar-refractivity contribution in [2.24, 2.45) is 11.8 Å². The lowest BCUT2D eigenvalue weighted by molar-refractivity contribution is -0.142. The van der Waals surface area contributed by atoms with Gasteiger partial charge in [-0.3, -0.25) is 28.5 Å². The van der Waals surface area contributed by atoms with Crippen LogP contribution in [0.5, 0.6) is 11.5 Å². The Balaban J connectivity index is 1.57. The highest BCUT2D eigenvalue weighted by Gasteiger charge is 2.46. The van der Waals surface area contributed by atoms with Crippen LogP contribution in [0.1, 0.15) is 46.1 Å². The fourth-order valence-corrected chi connectivity index (χ4v) is 9.04. The largest absolute Gasteiger partial charge is 0.480 e. The Hall–Kier alpha value is -4.47. The molecule has 2 aromatic carbocycles. The van der Waals surface area contributed by atoms with Gasteiger partial charge in [-0.2, -0.15) is 0 Å². The predicted molar refractivity (Wildman–Crippen MR) is 211 cm³/mol. The molecule has 15 nitrogen and oxygen atoms in total. The molecule has 1 aliphatic heterocycles. The minimum Gasteiger partial charge on any atom is -0.480 e. The lowest BCUT2D eigenvalue weighted by Crippen LogP contribution is -2.57. The van der Waals surface area contributed by atoms with E-state index in [1.165, 1.54) is 35.3 Å². The number of rotatable bonds is 17. The van der Waals surface area contributed by atoms with Crippen LogP contribution in [0.15, 0.2) is 74.1 Å². The summed E-state index contributed by atoms with van der Waals surface area (Å²) in [6.45, 7) is 7.12. The van der Waals surface area contributed by atoms with Gasteiger partial charge in [-0.05, 0) is 92.6 Å². The lowest BCUT2D eigenvalue weighted by atomic mass is 10.0. The Morgan fingerprint density at radius 1 is 0.873 bits per heavy atom. The number of nitrogens with one attached hydrogen (secondary N) is 2. The first kappa shape index (κ1) is 43.3. The smallest absolute Gasteiger partial charge is 0.453 e. The molecule has 1 aromatic heterocycles. The third-order valence-corrected chi connectivity index (χ3v) is 12.8. The zero-order valence-electron chi connectivity index (χ0n) is 31.8. The van der Waals surface area contributed by atoms with Gasteiger partial charge in [-0.25, -0.2) is 13.9 Å². The van der Waals surface area contributed by atoms with Crippen molar-refractivity contribution in [3.05, 3.63) is 81.1 Å². The van der Waals surface area contributed by atoms with Gasteiger partial charge in [-0.1, -0.05) is 27.7 Å². The maximum Gasteiger partial charge on any atom is 0.453 e. The SMILES string of the molecule is CSc1ccc(OP(=O)(Oc2ccc(SC)cc2)C(NC(=O)[C@@H]2CCCN2C(=O)[C@@H](NC(=O)Cn2cc(C)c(=O)n(CC(=O)O)c2=O)C(C)C)C(C)C)cc1. The van der Waals surface area contributed by atoms with Crippen LogP contribution >= 0.6 is 31.1 Å². The molecule has 1 unspecified atom stereocenters. The normalized spacial score (nSPS) is 15.4. The van der Waals surface area contributed by atoms with E-state index in [1.807, 2.05) is 36.8 Å². The summed E-state index contributed by atoms with van der Waals surface area (Å²) < 4.78 is 28.6. The Labute approximate surface area is 328 Å². The Morgan fingerprint density at radius 2 is 1.42 bits per heavy atom. The van der Waals surface area contributed by atoms with E-state index >= 15 is 0 Å². The predicted octanol–water partition coefficient (Wildman–Crippen LogP) is 4.43. The topological polar surface area (TPSA) is 195 Å². The van der Waals surface area contributed by atoms with Crippen LogP contribution in [0.25, 0.3) is 0 Å². The Bertz CT molecular complexity index is 1980. The highest BCUT2D eigenvalue weighted by Crippen LogP contribution is 2.54. The van der Waals surface area contributed by atoms with Gasteiger partial charge in [0.2, 0.25) is 17.7 Å². The molecule has 3 atom stereocenters. The van der Waals surface area contributed by atoms with Crippen LogP contribution in [0, 0.1) is 18.8 Å². The van der Waals surface area contributed by atoms with E-state index in [0.717, 1.165) is 20.6 Å². The number of hydrogen-bond donors (Lipinski definition) is 3. The summed E-state index contributed by atoms with van der Waals surface area (Å²) in [4.78, 5) is 81.3. The molecule has 1 saturated heterocycles. The molecule has 0 bridgehead atoms. The maximum atomic E-state index is 14.9. The summed E-state index contributed by atoms with van der Waals surface area (Å²) in [7, 11) is -4.21. The number of likely N-dealkylation sites (tertiary alicyclic amines) is 1. The maximum absolute atomic E-state index is 14.9. The van der Waals surface area contributed by atoms with Crippen LogP contribution in [0.3, 0.4) is 0 Å². The van der Waals surface area contributed by atoms with Crippen molar-refractivity contribution in [1.82, 2.24) is 24.7 Å². The number of thioether (sulfide) groups is 2. The van der Waals surface area contributed by atoms with Crippen molar-refractivity contribution in [3.63, 3.8) is 0 Å². The molecule has 298 valence electrons. The van der Waals surface area contributed by atoms with E-state index < -0.39 is 85.3 Å². The summed E-state index contributed by atoms with van der Waals surface area (Å²) in [5, 5.41) is 14.7. The molecule has 3 aromatic rings. The molecule has 2 heterocycles. The first-order chi connectivity index (χ1) is 26.0. The third kappa shape index (κ3) is 10.9. The minimum absolute atomic E-state index is 0.0538. The second kappa shape index (κ2) is 18.9. The number of amides is 3. The number of aryl methyl sites for hydroxylation is 1. The monoisotopic (exact) mass is 817 g/mol. The molecule has 55 heavy (non-hydrogen) atoms. The van der Waals surface area contributed by atoms with E-state index in [-0.39, 0.29) is 23.6 Å². The van der Waals surface area contributed by atoms with E-state index in [4.69, 9.17) is 14.2 Å². The van der Waals surface area contributed by atoms with Gasteiger partial charge >= 0.3 is 19.3 Å². The first-order valence-electron chi connectivity index (χ1n) is 17.7. The standard InChI is InChI=1S/C37H48N5O10PS2/c1-22(2)32(38-30(43)20-40-19-24(5)35(47)42(37(40)49)21-31(44)45)36(48)41-18-8-9-29(41)33(46)39-34(23(3)4)53(50,51-25-10-14-27(54-6)15-11-25)52-26-12-16-28(55-7)17-13-26/h10-17,19,22-23,29,32,34H,8-9,18,20-21H2,1-7H3,(H,38,43)(H,39,46)(H,44,45)/t29-,32-,34?/m0/s1. The zero-order valence-corrected chi connectivity index (χ0v) is 34.4. The number of aliphatic carboxylic acids is 1. The minimum atomic E-state index is -4.21. The second-order valence-electron chi connectivity index (χ2n) is 13.8. The highest BCUT2D eigenvalue weighted by molar-refractivity contribution is 7.98. The number of benzene rings is 2. The third-order valence-electron chi connectivity index (χ3n) is 8.95. The van der Waals surface area contributed by atoms with Gasteiger partial charge in [-0.15, -0.1) is 23.5 Å². The van der Waals surface area contributed by atoms with Gasteiger partial charge in [0.1, 0.15) is 36.7 Å². The molecular weight excluding hydrogens is 770 g/mol. The molecule has 3 N–H and O–H groups in total. The van der Waals surface area contributed by atoms with Crippen molar-refractivity contribution < 1.29 is 37.9 Å². The molecule has 0 spiro atoms. The van der Waals surface area contributed by atoms with Crippen molar-refractivity contribution in [1.29, 1.82) is 0 Å². The van der Waals surface area contributed by atoms with Crippen LogP contribution in [-0.4, -0.2) is 79.8 Å². The summed E-state index contributed by atoms with van der Waals surface area (Å²) in [6.07, 6.45) is 5.81. The van der Waals surface area contributed by atoms with E-state index in [9.17, 15) is 33.3 Å². The second-order valence-corrected chi connectivity index (χ2v) is 17.5. The molecule has 3 amide bonds. The summed E-state index contributed by atoms with van der Waals surface area (Å²) in [6, 6.07) is 11.9. The number of carbonyl (C=O) groups is 4. The number of aromatic nitrogens is 2. The quantitative estimate of drug-likeness (QED) is 0.128. The Kier molecular flexibility index (Phi) is 14.9. The van der Waals surface area contributed by atoms with Crippen molar-refractivity contribution >= 4 is 54.8 Å².